The van der Waals surface area contributed by atoms with Crippen molar-refractivity contribution in [2.45, 2.75) is 38.8 Å². The zero-order valence-electron chi connectivity index (χ0n) is 13.0. The maximum absolute atomic E-state index is 5.31. The van der Waals surface area contributed by atoms with Crippen molar-refractivity contribution in [3.8, 4) is 5.75 Å². The lowest BCUT2D eigenvalue weighted by Gasteiger charge is -2.24. The molecule has 3 rings (SSSR count). The number of nitrogens with one attached hydrogen (secondary N) is 1. The average molecular weight is 285 g/mol. The molecule has 0 saturated carbocycles. The van der Waals surface area contributed by atoms with Crippen LogP contribution in [0.25, 0.3) is 0 Å². The first-order chi connectivity index (χ1) is 10.2. The topological polar surface area (TPSA) is 39.1 Å². The fourth-order valence-corrected chi connectivity index (χ4v) is 3.21. The van der Waals surface area contributed by atoms with Crippen LogP contribution in [-0.4, -0.2) is 16.9 Å². The Morgan fingerprint density at radius 1 is 1.43 bits per heavy atom. The molecule has 0 aliphatic heterocycles. The quantitative estimate of drug-likeness (QED) is 0.939. The second-order valence-corrected chi connectivity index (χ2v) is 5.80. The minimum atomic E-state index is 0.421. The van der Waals surface area contributed by atoms with Crippen molar-refractivity contribution in [3.63, 3.8) is 0 Å². The summed E-state index contributed by atoms with van der Waals surface area (Å²) in [5.74, 6) is 0.950. The number of fused-ring (bicyclic) bond motifs is 1. The van der Waals surface area contributed by atoms with E-state index in [0.717, 1.165) is 18.7 Å². The Bertz CT molecular complexity index is 633. The van der Waals surface area contributed by atoms with Crippen LogP contribution in [0.3, 0.4) is 0 Å². The third-order valence-electron chi connectivity index (χ3n) is 4.39. The number of aryl methyl sites for hydroxylation is 2. The Hall–Kier alpha value is -1.81. The summed E-state index contributed by atoms with van der Waals surface area (Å²) in [6.45, 7) is 2.96. The fraction of sp³-hybridized carbons (Fsp3) is 0.471. The van der Waals surface area contributed by atoms with Crippen molar-refractivity contribution in [2.75, 3.05) is 7.11 Å². The molecule has 1 aliphatic carbocycles. The predicted octanol–water partition coefficient (Wildman–Crippen LogP) is 2.90. The molecule has 112 valence electrons. The Morgan fingerprint density at radius 2 is 2.29 bits per heavy atom. The number of methoxy groups -OCH3 is 1. The fourth-order valence-electron chi connectivity index (χ4n) is 3.21. The lowest BCUT2D eigenvalue weighted by molar-refractivity contribution is 0.411. The number of hydrogen-bond acceptors (Lipinski definition) is 3. The Morgan fingerprint density at radius 3 is 3.05 bits per heavy atom. The number of rotatable bonds is 4. The van der Waals surface area contributed by atoms with Gasteiger partial charge < -0.3 is 10.1 Å². The lowest BCUT2D eigenvalue weighted by atomic mass is 9.93. The summed E-state index contributed by atoms with van der Waals surface area (Å²) in [6.07, 6.45) is 5.58. The maximum atomic E-state index is 5.31. The number of benzene rings is 1. The van der Waals surface area contributed by atoms with Crippen molar-refractivity contribution in [2.24, 2.45) is 7.05 Å². The van der Waals surface area contributed by atoms with E-state index >= 15 is 0 Å². The van der Waals surface area contributed by atoms with E-state index in [1.807, 2.05) is 24.0 Å². The van der Waals surface area contributed by atoms with Crippen LogP contribution in [0.2, 0.25) is 0 Å². The molecular formula is C17H23N3O. The molecule has 1 aromatic heterocycles. The van der Waals surface area contributed by atoms with Gasteiger partial charge in [-0.15, -0.1) is 0 Å². The van der Waals surface area contributed by atoms with E-state index in [0.29, 0.717) is 6.04 Å². The SMILES string of the molecule is COc1ccc(CNC2CCCc3c2cnn3C)cc1C. The van der Waals surface area contributed by atoms with E-state index in [-0.39, 0.29) is 0 Å². The molecule has 0 radical (unpaired) electrons. The van der Waals surface area contributed by atoms with Gasteiger partial charge in [0, 0.05) is 30.9 Å². The summed E-state index contributed by atoms with van der Waals surface area (Å²) in [4.78, 5) is 0. The summed E-state index contributed by atoms with van der Waals surface area (Å²) in [5, 5.41) is 8.08. The van der Waals surface area contributed by atoms with Gasteiger partial charge in [0.05, 0.1) is 13.3 Å². The van der Waals surface area contributed by atoms with Gasteiger partial charge in [0.2, 0.25) is 0 Å². The van der Waals surface area contributed by atoms with E-state index in [4.69, 9.17) is 4.74 Å². The maximum Gasteiger partial charge on any atom is 0.121 e. The highest BCUT2D eigenvalue weighted by molar-refractivity contribution is 5.36. The molecule has 1 aromatic carbocycles. The van der Waals surface area contributed by atoms with Gasteiger partial charge in [-0.25, -0.2) is 0 Å². The molecule has 0 spiro atoms. The minimum Gasteiger partial charge on any atom is -0.496 e. The second kappa shape index (κ2) is 5.90. The molecule has 0 amide bonds. The first-order valence-corrected chi connectivity index (χ1v) is 7.56. The van der Waals surface area contributed by atoms with Crippen molar-refractivity contribution < 1.29 is 4.74 Å². The number of ether oxygens (including phenoxy) is 1. The van der Waals surface area contributed by atoms with E-state index in [1.165, 1.54) is 35.2 Å². The molecule has 0 bridgehead atoms. The number of nitrogens with zero attached hydrogens (tertiary/aromatic N) is 2. The summed E-state index contributed by atoms with van der Waals surface area (Å²) >= 11 is 0. The van der Waals surface area contributed by atoms with Crippen molar-refractivity contribution in [1.82, 2.24) is 15.1 Å². The Balaban J connectivity index is 1.70. The molecule has 1 unspecified atom stereocenters. The van der Waals surface area contributed by atoms with Crippen LogP contribution >= 0.6 is 0 Å². The first-order valence-electron chi connectivity index (χ1n) is 7.56. The summed E-state index contributed by atoms with van der Waals surface area (Å²) in [7, 11) is 3.75. The molecule has 0 saturated heterocycles. The highest BCUT2D eigenvalue weighted by Crippen LogP contribution is 2.29. The molecule has 4 nitrogen and oxygen atoms in total. The van der Waals surface area contributed by atoms with Crippen molar-refractivity contribution in [1.29, 1.82) is 0 Å². The predicted molar refractivity (Wildman–Crippen MR) is 83.5 cm³/mol. The molecular weight excluding hydrogens is 262 g/mol. The van der Waals surface area contributed by atoms with E-state index in [1.54, 1.807) is 7.11 Å². The van der Waals surface area contributed by atoms with Gasteiger partial charge in [-0.2, -0.15) is 5.10 Å². The first kappa shape index (κ1) is 14.1. The number of hydrogen-bond donors (Lipinski definition) is 1. The third-order valence-corrected chi connectivity index (χ3v) is 4.39. The molecule has 4 heteroatoms. The zero-order valence-corrected chi connectivity index (χ0v) is 13.0. The van der Waals surface area contributed by atoms with Crippen molar-refractivity contribution in [3.05, 3.63) is 46.8 Å². The highest BCUT2D eigenvalue weighted by atomic mass is 16.5. The summed E-state index contributed by atoms with van der Waals surface area (Å²) in [5.41, 5.74) is 5.23. The molecule has 2 aromatic rings. The van der Waals surface area contributed by atoms with Gasteiger partial charge in [0.25, 0.3) is 0 Å². The zero-order chi connectivity index (χ0) is 14.8. The summed E-state index contributed by atoms with van der Waals surface area (Å²) < 4.78 is 7.33. The largest absolute Gasteiger partial charge is 0.496 e. The van der Waals surface area contributed by atoms with E-state index in [2.05, 4.69) is 29.5 Å². The lowest BCUT2D eigenvalue weighted by Crippen LogP contribution is -2.24. The monoisotopic (exact) mass is 285 g/mol. The van der Waals surface area contributed by atoms with Gasteiger partial charge in [-0.3, -0.25) is 4.68 Å². The van der Waals surface area contributed by atoms with Gasteiger partial charge in [0.15, 0.2) is 0 Å². The molecule has 1 aliphatic rings. The summed E-state index contributed by atoms with van der Waals surface area (Å²) in [6, 6.07) is 6.79. The van der Waals surface area contributed by atoms with Crippen LogP contribution in [0.4, 0.5) is 0 Å². The molecule has 1 heterocycles. The van der Waals surface area contributed by atoms with Crippen LogP contribution in [0.15, 0.2) is 24.4 Å². The second-order valence-electron chi connectivity index (χ2n) is 5.80. The molecule has 0 fully saturated rings. The Kier molecular flexibility index (Phi) is 3.97. The van der Waals surface area contributed by atoms with Gasteiger partial charge >= 0.3 is 0 Å². The van der Waals surface area contributed by atoms with Crippen LogP contribution < -0.4 is 10.1 Å². The molecule has 1 atom stereocenters. The highest BCUT2D eigenvalue weighted by Gasteiger charge is 2.22. The standard InChI is InChI=1S/C17H23N3O/c1-12-9-13(7-8-17(12)21-3)10-18-15-5-4-6-16-14(15)11-19-20(16)2/h7-9,11,15,18H,4-6,10H2,1-3H3. The molecule has 1 N–H and O–H groups in total. The van der Waals surface area contributed by atoms with E-state index in [9.17, 15) is 0 Å². The third kappa shape index (κ3) is 2.81. The van der Waals surface area contributed by atoms with Gasteiger partial charge in [-0.1, -0.05) is 12.1 Å². The minimum absolute atomic E-state index is 0.421. The van der Waals surface area contributed by atoms with Gasteiger partial charge in [-0.05, 0) is 43.4 Å². The average Bonchev–Trinajstić information content (AvgIpc) is 2.87. The van der Waals surface area contributed by atoms with Crippen LogP contribution in [0.1, 0.15) is 41.3 Å². The Labute approximate surface area is 126 Å². The number of aromatic nitrogens is 2. The van der Waals surface area contributed by atoms with Gasteiger partial charge in [0.1, 0.15) is 5.75 Å². The van der Waals surface area contributed by atoms with E-state index < -0.39 is 0 Å². The van der Waals surface area contributed by atoms with Crippen LogP contribution in [0.5, 0.6) is 5.75 Å². The van der Waals surface area contributed by atoms with Crippen molar-refractivity contribution >= 4 is 0 Å². The van der Waals surface area contributed by atoms with Crippen LogP contribution in [-0.2, 0) is 20.0 Å². The normalized spacial score (nSPS) is 17.6. The molecule has 21 heavy (non-hydrogen) atoms. The van der Waals surface area contributed by atoms with Crippen LogP contribution in [0, 0.1) is 6.92 Å². The smallest absolute Gasteiger partial charge is 0.121 e.